The molecular weight excluding hydrogens is 438 g/mol. The predicted molar refractivity (Wildman–Crippen MR) is 129 cm³/mol. The lowest BCUT2D eigenvalue weighted by Gasteiger charge is -2.33. The summed E-state index contributed by atoms with van der Waals surface area (Å²) in [7, 11) is 1.46. The summed E-state index contributed by atoms with van der Waals surface area (Å²) in [5.41, 5.74) is 2.27. The molecule has 0 aliphatic heterocycles. The molecule has 170 valence electrons. The van der Waals surface area contributed by atoms with Crippen LogP contribution in [0.1, 0.15) is 49.0 Å². The van der Waals surface area contributed by atoms with Crippen molar-refractivity contribution in [2.24, 2.45) is 16.3 Å². The first-order chi connectivity index (χ1) is 15.7. The van der Waals surface area contributed by atoms with Crippen molar-refractivity contribution in [3.05, 3.63) is 62.2 Å². The van der Waals surface area contributed by atoms with Gasteiger partial charge in [0.1, 0.15) is 28.3 Å². The fraction of sp³-hybridized carbons (Fsp3) is 0.360. The topological polar surface area (TPSA) is 102 Å². The maximum absolute atomic E-state index is 11.5. The summed E-state index contributed by atoms with van der Waals surface area (Å²) >= 11 is 1.57. The second-order valence-corrected chi connectivity index (χ2v) is 10.3. The van der Waals surface area contributed by atoms with Crippen LogP contribution in [-0.2, 0) is 12.8 Å². The van der Waals surface area contributed by atoms with Crippen LogP contribution < -0.4 is 4.74 Å². The highest BCUT2D eigenvalue weighted by Gasteiger charge is 2.32. The Morgan fingerprint density at radius 3 is 2.79 bits per heavy atom. The van der Waals surface area contributed by atoms with Crippen LogP contribution in [0.5, 0.6) is 5.75 Å². The van der Waals surface area contributed by atoms with Crippen LogP contribution in [0.25, 0.3) is 11.3 Å². The Morgan fingerprint density at radius 2 is 2.12 bits per heavy atom. The second kappa shape index (κ2) is 8.83. The van der Waals surface area contributed by atoms with Crippen molar-refractivity contribution in [2.45, 2.75) is 40.0 Å². The number of furan rings is 1. The molecule has 3 aromatic rings. The summed E-state index contributed by atoms with van der Waals surface area (Å²) in [6, 6.07) is 10.3. The van der Waals surface area contributed by atoms with Gasteiger partial charge in [-0.25, -0.2) is 4.99 Å². The van der Waals surface area contributed by atoms with Gasteiger partial charge in [0.2, 0.25) is 0 Å². The van der Waals surface area contributed by atoms with Crippen molar-refractivity contribution >= 4 is 28.2 Å². The quantitative estimate of drug-likeness (QED) is 0.238. The Hall–Kier alpha value is -3.44. The van der Waals surface area contributed by atoms with Crippen molar-refractivity contribution in [3.63, 3.8) is 0 Å². The van der Waals surface area contributed by atoms with Crippen LogP contribution in [-0.4, -0.2) is 18.2 Å². The molecule has 1 atom stereocenters. The van der Waals surface area contributed by atoms with E-state index < -0.39 is 4.92 Å². The van der Waals surface area contributed by atoms with E-state index in [0.717, 1.165) is 24.8 Å². The maximum atomic E-state index is 11.5. The minimum Gasteiger partial charge on any atom is -0.497 e. The molecule has 7 nitrogen and oxygen atoms in total. The van der Waals surface area contributed by atoms with Gasteiger partial charge in [-0.15, -0.1) is 11.3 Å². The SMILES string of the molecule is COc1ccc(-c2ccc(C=Nc3sc4c(c3C#N)CC[C@H](C(C)(C)C)C4)o2)c([N+](=O)[O-])c1. The van der Waals surface area contributed by atoms with E-state index in [-0.39, 0.29) is 11.1 Å². The average Bonchev–Trinajstić information content (AvgIpc) is 3.40. The van der Waals surface area contributed by atoms with E-state index in [2.05, 4.69) is 31.8 Å². The first-order valence-electron chi connectivity index (χ1n) is 10.7. The lowest BCUT2D eigenvalue weighted by Crippen LogP contribution is -2.26. The Morgan fingerprint density at radius 1 is 1.33 bits per heavy atom. The third-order valence-corrected chi connectivity index (χ3v) is 7.35. The molecule has 2 heterocycles. The number of nitrogens with zero attached hydrogens (tertiary/aromatic N) is 3. The van der Waals surface area contributed by atoms with E-state index in [4.69, 9.17) is 9.15 Å². The third-order valence-electron chi connectivity index (χ3n) is 6.19. The fourth-order valence-electron chi connectivity index (χ4n) is 4.20. The number of hydrogen-bond acceptors (Lipinski definition) is 7. The summed E-state index contributed by atoms with van der Waals surface area (Å²) < 4.78 is 10.9. The Kier molecular flexibility index (Phi) is 6.09. The fourth-order valence-corrected chi connectivity index (χ4v) is 5.43. The largest absolute Gasteiger partial charge is 0.497 e. The van der Waals surface area contributed by atoms with E-state index in [1.165, 1.54) is 18.1 Å². The number of fused-ring (bicyclic) bond motifs is 1. The van der Waals surface area contributed by atoms with Crippen LogP contribution >= 0.6 is 11.3 Å². The van der Waals surface area contributed by atoms with Gasteiger partial charge in [0.25, 0.3) is 5.69 Å². The molecule has 0 saturated carbocycles. The van der Waals surface area contributed by atoms with Crippen molar-refractivity contribution in [2.75, 3.05) is 7.11 Å². The Labute approximate surface area is 196 Å². The van der Waals surface area contributed by atoms with Crippen LogP contribution in [0.4, 0.5) is 10.7 Å². The van der Waals surface area contributed by atoms with Crippen LogP contribution in [0.3, 0.4) is 0 Å². The first-order valence-corrected chi connectivity index (χ1v) is 11.5. The minimum absolute atomic E-state index is 0.0988. The van der Waals surface area contributed by atoms with E-state index in [1.807, 2.05) is 0 Å². The number of nitro groups is 1. The molecule has 1 aromatic carbocycles. The van der Waals surface area contributed by atoms with Gasteiger partial charge < -0.3 is 9.15 Å². The Bertz CT molecular complexity index is 1270. The van der Waals surface area contributed by atoms with Gasteiger partial charge in [0, 0.05) is 4.88 Å². The average molecular weight is 464 g/mol. The molecule has 0 unspecified atom stereocenters. The molecule has 33 heavy (non-hydrogen) atoms. The van der Waals surface area contributed by atoms with Gasteiger partial charge in [-0.05, 0) is 60.4 Å². The summed E-state index contributed by atoms with van der Waals surface area (Å²) in [6.07, 6.45) is 4.52. The van der Waals surface area contributed by atoms with E-state index in [1.54, 1.807) is 41.8 Å². The van der Waals surface area contributed by atoms with E-state index >= 15 is 0 Å². The molecule has 0 spiro atoms. The third kappa shape index (κ3) is 4.55. The van der Waals surface area contributed by atoms with Gasteiger partial charge in [0.15, 0.2) is 0 Å². The number of nitriles is 1. The van der Waals surface area contributed by atoms with Crippen molar-refractivity contribution < 1.29 is 14.1 Å². The highest BCUT2D eigenvalue weighted by atomic mass is 32.1. The van der Waals surface area contributed by atoms with Gasteiger partial charge in [-0.1, -0.05) is 20.8 Å². The molecule has 0 N–H and O–H groups in total. The number of hydrogen-bond donors (Lipinski definition) is 0. The molecule has 0 saturated heterocycles. The summed E-state index contributed by atoms with van der Waals surface area (Å²) in [6.45, 7) is 6.80. The van der Waals surface area contributed by atoms with Crippen LogP contribution in [0.15, 0.2) is 39.7 Å². The lowest BCUT2D eigenvalue weighted by atomic mass is 9.72. The van der Waals surface area contributed by atoms with E-state index in [9.17, 15) is 15.4 Å². The molecule has 0 fully saturated rings. The van der Waals surface area contributed by atoms with Gasteiger partial charge >= 0.3 is 0 Å². The van der Waals surface area contributed by atoms with Crippen molar-refractivity contribution in [1.82, 2.24) is 0 Å². The summed E-state index contributed by atoms with van der Waals surface area (Å²) in [5.74, 6) is 1.81. The van der Waals surface area contributed by atoms with Gasteiger partial charge in [-0.3, -0.25) is 10.1 Å². The number of aliphatic imine (C=N–C) groups is 1. The molecular formula is C25H25N3O4S. The normalized spacial score (nSPS) is 15.9. The molecule has 0 amide bonds. The molecule has 1 aliphatic rings. The van der Waals surface area contributed by atoms with E-state index in [0.29, 0.717) is 39.3 Å². The number of thiophene rings is 1. The van der Waals surface area contributed by atoms with Gasteiger partial charge in [-0.2, -0.15) is 5.26 Å². The monoisotopic (exact) mass is 463 g/mol. The zero-order valence-corrected chi connectivity index (χ0v) is 19.9. The smallest absolute Gasteiger partial charge is 0.284 e. The zero-order chi connectivity index (χ0) is 23.8. The van der Waals surface area contributed by atoms with Crippen molar-refractivity contribution in [1.29, 1.82) is 5.26 Å². The highest BCUT2D eigenvalue weighted by molar-refractivity contribution is 7.16. The molecule has 0 radical (unpaired) electrons. The molecule has 0 bridgehead atoms. The minimum atomic E-state index is -0.464. The van der Waals surface area contributed by atoms with Crippen LogP contribution in [0, 0.1) is 32.8 Å². The summed E-state index contributed by atoms with van der Waals surface area (Å²) in [5, 5.41) is 21.9. The molecule has 4 rings (SSSR count). The Balaban J connectivity index is 1.61. The highest BCUT2D eigenvalue weighted by Crippen LogP contribution is 2.45. The number of ether oxygens (including phenoxy) is 1. The molecule has 1 aliphatic carbocycles. The number of benzene rings is 1. The number of rotatable bonds is 5. The lowest BCUT2D eigenvalue weighted by molar-refractivity contribution is -0.384. The predicted octanol–water partition coefficient (Wildman–Crippen LogP) is 6.70. The second-order valence-electron chi connectivity index (χ2n) is 9.20. The van der Waals surface area contributed by atoms with Crippen LogP contribution in [0.2, 0.25) is 0 Å². The van der Waals surface area contributed by atoms with Gasteiger partial charge in [0.05, 0.1) is 35.4 Å². The van der Waals surface area contributed by atoms with Crippen molar-refractivity contribution in [3.8, 4) is 23.1 Å². The first kappa shape index (κ1) is 22.7. The standard InChI is InChI=1S/C25H25N3O4S/c1-25(2,3)15-5-8-18-20(13-26)24(33-23(18)11-15)27-14-17-7-10-22(32-17)19-9-6-16(31-4)12-21(19)28(29)30/h6-7,9-10,12,14-15H,5,8,11H2,1-4H3/t15-/m0/s1. The molecule has 8 heteroatoms. The summed E-state index contributed by atoms with van der Waals surface area (Å²) in [4.78, 5) is 16.8. The zero-order valence-electron chi connectivity index (χ0n) is 19.0. The maximum Gasteiger partial charge on any atom is 0.284 e. The molecule has 2 aromatic heterocycles. The number of nitro benzene ring substituents is 1. The number of methoxy groups -OCH3 is 1.